The first-order valence-electron chi connectivity index (χ1n) is 10.2. The van der Waals surface area contributed by atoms with Crippen molar-refractivity contribution in [3.05, 3.63) is 59.6 Å². The molecule has 1 aliphatic heterocycles. The standard InChI is InChI=1S/C21H24N6O3S2/c28-21(24-8-9-26-10-13-32(29,30)14-11-26)25-17-3-1-4-18(15-17)27(19-5-12-31-16-19)20-22-6-2-7-23-20/h1-7,12,15-16H,8-11,13-14H2,(H2,24,25,28). The van der Waals surface area contributed by atoms with Crippen LogP contribution in [0.1, 0.15) is 0 Å². The zero-order valence-electron chi connectivity index (χ0n) is 17.3. The predicted octanol–water partition coefficient (Wildman–Crippen LogP) is 2.86. The molecular formula is C21H24N6O3S2. The fourth-order valence-corrected chi connectivity index (χ4v) is 5.27. The molecular weight excluding hydrogens is 448 g/mol. The lowest BCUT2D eigenvalue weighted by molar-refractivity contribution is 0.247. The molecule has 3 heterocycles. The van der Waals surface area contributed by atoms with E-state index in [0.29, 0.717) is 37.8 Å². The van der Waals surface area contributed by atoms with E-state index in [4.69, 9.17) is 0 Å². The fraction of sp³-hybridized carbons (Fsp3) is 0.286. The van der Waals surface area contributed by atoms with Gasteiger partial charge < -0.3 is 10.6 Å². The topological polar surface area (TPSA) is 108 Å². The van der Waals surface area contributed by atoms with E-state index in [1.165, 1.54) is 0 Å². The van der Waals surface area contributed by atoms with Crippen molar-refractivity contribution >= 4 is 50.2 Å². The van der Waals surface area contributed by atoms with Gasteiger partial charge in [0.1, 0.15) is 0 Å². The van der Waals surface area contributed by atoms with Crippen LogP contribution in [-0.4, -0.2) is 67.0 Å². The molecule has 1 aromatic carbocycles. The second kappa shape index (κ2) is 10.1. The molecule has 0 radical (unpaired) electrons. The number of aromatic nitrogens is 2. The Labute approximate surface area is 191 Å². The summed E-state index contributed by atoms with van der Waals surface area (Å²) in [6.45, 7) is 2.06. The Hall–Kier alpha value is -3.02. The highest BCUT2D eigenvalue weighted by Gasteiger charge is 2.21. The Morgan fingerprint density at radius 2 is 1.88 bits per heavy atom. The van der Waals surface area contributed by atoms with Crippen molar-refractivity contribution in [2.45, 2.75) is 0 Å². The minimum Gasteiger partial charge on any atom is -0.337 e. The number of thiophene rings is 1. The van der Waals surface area contributed by atoms with Gasteiger partial charge in [-0.25, -0.2) is 23.2 Å². The molecule has 0 unspecified atom stereocenters. The Morgan fingerprint density at radius 3 is 2.59 bits per heavy atom. The van der Waals surface area contributed by atoms with Crippen LogP contribution < -0.4 is 15.5 Å². The van der Waals surface area contributed by atoms with Crippen molar-refractivity contribution in [2.24, 2.45) is 0 Å². The number of sulfone groups is 1. The van der Waals surface area contributed by atoms with Crippen molar-refractivity contribution in [1.82, 2.24) is 20.2 Å². The number of benzene rings is 1. The molecule has 168 valence electrons. The maximum atomic E-state index is 12.4. The van der Waals surface area contributed by atoms with Crippen molar-refractivity contribution in [1.29, 1.82) is 0 Å². The summed E-state index contributed by atoms with van der Waals surface area (Å²) in [7, 11) is -2.90. The average molecular weight is 473 g/mol. The zero-order chi connectivity index (χ0) is 22.4. The molecule has 11 heteroatoms. The lowest BCUT2D eigenvalue weighted by Gasteiger charge is -2.26. The first kappa shape index (κ1) is 22.2. The first-order valence-corrected chi connectivity index (χ1v) is 12.9. The first-order chi connectivity index (χ1) is 15.5. The SMILES string of the molecule is O=C(NCCN1CCS(=O)(=O)CC1)Nc1cccc(N(c2ccsc2)c2ncccn2)c1. The van der Waals surface area contributed by atoms with Crippen molar-refractivity contribution < 1.29 is 13.2 Å². The molecule has 2 N–H and O–H groups in total. The molecule has 0 spiro atoms. The highest BCUT2D eigenvalue weighted by Crippen LogP contribution is 2.34. The number of hydrogen-bond acceptors (Lipinski definition) is 8. The Bertz CT molecular complexity index is 1130. The van der Waals surface area contributed by atoms with Crippen LogP contribution in [0.4, 0.5) is 27.8 Å². The third-order valence-corrected chi connectivity index (χ3v) is 7.31. The van der Waals surface area contributed by atoms with Gasteiger partial charge in [-0.3, -0.25) is 9.80 Å². The van der Waals surface area contributed by atoms with E-state index in [2.05, 4.69) is 20.6 Å². The molecule has 0 atom stereocenters. The highest BCUT2D eigenvalue weighted by atomic mass is 32.2. The molecule has 4 rings (SSSR count). The van der Waals surface area contributed by atoms with Gasteiger partial charge in [-0.1, -0.05) is 6.07 Å². The van der Waals surface area contributed by atoms with E-state index in [-0.39, 0.29) is 17.5 Å². The van der Waals surface area contributed by atoms with Crippen LogP contribution in [0.15, 0.2) is 59.6 Å². The van der Waals surface area contributed by atoms with Crippen LogP contribution in [0.5, 0.6) is 0 Å². The van der Waals surface area contributed by atoms with Gasteiger partial charge in [0.05, 0.1) is 22.9 Å². The summed E-state index contributed by atoms with van der Waals surface area (Å²) in [5.41, 5.74) is 2.40. The zero-order valence-corrected chi connectivity index (χ0v) is 19.0. The van der Waals surface area contributed by atoms with Gasteiger partial charge in [-0.15, -0.1) is 0 Å². The number of urea groups is 1. The summed E-state index contributed by atoms with van der Waals surface area (Å²) in [6.07, 6.45) is 3.38. The second-order valence-electron chi connectivity index (χ2n) is 7.29. The lowest BCUT2D eigenvalue weighted by atomic mass is 10.2. The van der Waals surface area contributed by atoms with Gasteiger partial charge in [-0.2, -0.15) is 11.3 Å². The summed E-state index contributed by atoms with van der Waals surface area (Å²) in [5, 5.41) is 9.68. The summed E-state index contributed by atoms with van der Waals surface area (Å²) in [6, 6.07) is 10.9. The minimum absolute atomic E-state index is 0.178. The minimum atomic E-state index is -2.90. The van der Waals surface area contributed by atoms with E-state index in [1.54, 1.807) is 29.8 Å². The summed E-state index contributed by atoms with van der Waals surface area (Å²) >= 11 is 1.58. The third-order valence-electron chi connectivity index (χ3n) is 5.03. The van der Waals surface area contributed by atoms with E-state index >= 15 is 0 Å². The number of amides is 2. The number of nitrogens with one attached hydrogen (secondary N) is 2. The normalized spacial score (nSPS) is 15.8. The molecule has 2 amide bonds. The van der Waals surface area contributed by atoms with Crippen LogP contribution in [0.25, 0.3) is 0 Å². The van der Waals surface area contributed by atoms with E-state index in [9.17, 15) is 13.2 Å². The van der Waals surface area contributed by atoms with E-state index < -0.39 is 9.84 Å². The molecule has 32 heavy (non-hydrogen) atoms. The van der Waals surface area contributed by atoms with E-state index in [1.807, 2.05) is 50.9 Å². The van der Waals surface area contributed by atoms with Crippen molar-refractivity contribution in [3.63, 3.8) is 0 Å². The van der Waals surface area contributed by atoms with Gasteiger partial charge in [0, 0.05) is 49.6 Å². The number of rotatable bonds is 7. The molecule has 1 saturated heterocycles. The summed E-state index contributed by atoms with van der Waals surface area (Å²) in [5.74, 6) is 0.895. The quantitative estimate of drug-likeness (QED) is 0.544. The van der Waals surface area contributed by atoms with Crippen LogP contribution in [-0.2, 0) is 9.84 Å². The van der Waals surface area contributed by atoms with Gasteiger partial charge in [0.2, 0.25) is 5.95 Å². The van der Waals surface area contributed by atoms with Crippen molar-refractivity contribution in [3.8, 4) is 0 Å². The number of nitrogens with zero attached hydrogens (tertiary/aromatic N) is 4. The molecule has 3 aromatic rings. The van der Waals surface area contributed by atoms with Crippen LogP contribution in [0.3, 0.4) is 0 Å². The molecule has 0 saturated carbocycles. The van der Waals surface area contributed by atoms with Gasteiger partial charge in [-0.05, 0) is 35.7 Å². The van der Waals surface area contributed by atoms with Crippen LogP contribution in [0.2, 0.25) is 0 Å². The monoisotopic (exact) mass is 472 g/mol. The van der Waals surface area contributed by atoms with Crippen LogP contribution in [0, 0.1) is 0 Å². The van der Waals surface area contributed by atoms with Gasteiger partial charge in [0.15, 0.2) is 9.84 Å². The van der Waals surface area contributed by atoms with Crippen LogP contribution >= 0.6 is 11.3 Å². The molecule has 1 fully saturated rings. The molecule has 9 nitrogen and oxygen atoms in total. The lowest BCUT2D eigenvalue weighted by Crippen LogP contribution is -2.44. The Balaban J connectivity index is 1.37. The fourth-order valence-electron chi connectivity index (χ4n) is 3.37. The number of carbonyl (C=O) groups is 1. The highest BCUT2D eigenvalue weighted by molar-refractivity contribution is 7.91. The second-order valence-corrected chi connectivity index (χ2v) is 10.4. The van der Waals surface area contributed by atoms with Crippen molar-refractivity contribution in [2.75, 3.05) is 47.9 Å². The van der Waals surface area contributed by atoms with Gasteiger partial charge in [0.25, 0.3) is 0 Å². The Kier molecular flexibility index (Phi) is 6.98. The molecule has 0 aliphatic carbocycles. The van der Waals surface area contributed by atoms with E-state index in [0.717, 1.165) is 11.4 Å². The average Bonchev–Trinajstić information content (AvgIpc) is 3.30. The summed E-state index contributed by atoms with van der Waals surface area (Å²) in [4.78, 5) is 25.1. The Morgan fingerprint density at radius 1 is 1.09 bits per heavy atom. The summed E-state index contributed by atoms with van der Waals surface area (Å²) < 4.78 is 23.0. The third kappa shape index (κ3) is 5.81. The number of hydrogen-bond donors (Lipinski definition) is 2. The molecule has 0 bridgehead atoms. The number of anilines is 4. The smallest absolute Gasteiger partial charge is 0.319 e. The largest absolute Gasteiger partial charge is 0.337 e. The maximum Gasteiger partial charge on any atom is 0.319 e. The molecule has 1 aliphatic rings. The number of carbonyl (C=O) groups excluding carboxylic acids is 1. The predicted molar refractivity (Wildman–Crippen MR) is 127 cm³/mol. The van der Waals surface area contributed by atoms with Gasteiger partial charge >= 0.3 is 6.03 Å². The molecule has 2 aromatic heterocycles. The maximum absolute atomic E-state index is 12.4.